The Morgan fingerprint density at radius 3 is 2.63 bits per heavy atom. The van der Waals surface area contributed by atoms with Gasteiger partial charge in [0.2, 0.25) is 0 Å². The molecule has 1 N–H and O–H groups in total. The molecule has 0 aromatic heterocycles. The van der Waals surface area contributed by atoms with E-state index in [2.05, 4.69) is 65.5 Å². The van der Waals surface area contributed by atoms with Gasteiger partial charge in [-0.15, -0.1) is 0 Å². The summed E-state index contributed by atoms with van der Waals surface area (Å²) in [6.45, 7) is 2.02. The summed E-state index contributed by atoms with van der Waals surface area (Å²) in [5.41, 5.74) is 2.67. The van der Waals surface area contributed by atoms with Gasteiger partial charge in [-0.25, -0.2) is 0 Å². The van der Waals surface area contributed by atoms with E-state index < -0.39 is 0 Å². The predicted octanol–water partition coefficient (Wildman–Crippen LogP) is 5.58. The zero-order chi connectivity index (χ0) is 14.0. The number of aromatic hydroxyl groups is 1. The highest BCUT2D eigenvalue weighted by Crippen LogP contribution is 2.31. The van der Waals surface area contributed by atoms with Crippen molar-refractivity contribution in [2.75, 3.05) is 0 Å². The first-order valence-electron chi connectivity index (χ1n) is 5.45. The van der Waals surface area contributed by atoms with Crippen LogP contribution in [0.3, 0.4) is 0 Å². The fourth-order valence-electron chi connectivity index (χ4n) is 1.59. The van der Waals surface area contributed by atoms with Crippen molar-refractivity contribution in [2.45, 2.75) is 6.92 Å². The van der Waals surface area contributed by atoms with E-state index in [-0.39, 0.29) is 5.75 Å². The van der Waals surface area contributed by atoms with Crippen LogP contribution in [0.1, 0.15) is 11.1 Å². The minimum atomic E-state index is 0.190. The van der Waals surface area contributed by atoms with Crippen molar-refractivity contribution < 1.29 is 5.11 Å². The second-order valence-corrected chi connectivity index (χ2v) is 7.03. The Morgan fingerprint density at radius 2 is 1.95 bits per heavy atom. The third kappa shape index (κ3) is 3.79. The lowest BCUT2D eigenvalue weighted by Gasteiger charge is -2.04. The zero-order valence-corrected chi connectivity index (χ0v) is 15.3. The summed E-state index contributed by atoms with van der Waals surface area (Å²) in [6.07, 6.45) is 1.67. The highest BCUT2D eigenvalue weighted by Gasteiger charge is 2.05. The van der Waals surface area contributed by atoms with Gasteiger partial charge in [-0.2, -0.15) is 0 Å². The van der Waals surface area contributed by atoms with Crippen LogP contribution in [0.15, 0.2) is 44.3 Å². The van der Waals surface area contributed by atoms with Crippen LogP contribution < -0.4 is 0 Å². The molecule has 98 valence electrons. The SMILES string of the molecule is Cc1cc(I)ccc1N=Cc1cc(Br)cc(Br)c1O. The normalized spacial score (nSPS) is 11.2. The Kier molecular flexibility index (Phi) is 5.03. The Balaban J connectivity index is 2.38. The van der Waals surface area contributed by atoms with Gasteiger partial charge in [-0.3, -0.25) is 4.99 Å². The number of phenols is 1. The molecule has 0 radical (unpaired) electrons. The van der Waals surface area contributed by atoms with Crippen molar-refractivity contribution in [3.63, 3.8) is 0 Å². The molecule has 0 amide bonds. The molecule has 0 spiro atoms. The molecule has 0 aliphatic carbocycles. The number of nitrogens with zero attached hydrogens (tertiary/aromatic N) is 1. The third-order valence-electron chi connectivity index (χ3n) is 2.56. The number of hydrogen-bond acceptors (Lipinski definition) is 2. The van der Waals surface area contributed by atoms with E-state index >= 15 is 0 Å². The van der Waals surface area contributed by atoms with Gasteiger partial charge in [0, 0.05) is 19.8 Å². The maximum absolute atomic E-state index is 9.95. The van der Waals surface area contributed by atoms with Gasteiger partial charge in [-0.05, 0) is 81.3 Å². The summed E-state index contributed by atoms with van der Waals surface area (Å²) in [5, 5.41) is 9.95. The van der Waals surface area contributed by atoms with Crippen LogP contribution in [0.2, 0.25) is 0 Å². The first-order chi connectivity index (χ1) is 8.97. The molecular weight excluding hydrogens is 485 g/mol. The number of halogens is 3. The molecule has 2 nitrogen and oxygen atoms in total. The molecule has 2 rings (SSSR count). The molecule has 5 heteroatoms. The minimum absolute atomic E-state index is 0.190. The molecule has 2 aromatic rings. The fraction of sp³-hybridized carbons (Fsp3) is 0.0714. The quantitative estimate of drug-likeness (QED) is 0.429. The van der Waals surface area contributed by atoms with Crippen LogP contribution in [0.5, 0.6) is 5.75 Å². The van der Waals surface area contributed by atoms with Gasteiger partial charge in [0.05, 0.1) is 10.2 Å². The summed E-state index contributed by atoms with van der Waals surface area (Å²) in [6, 6.07) is 9.67. The van der Waals surface area contributed by atoms with Crippen molar-refractivity contribution in [1.29, 1.82) is 0 Å². The van der Waals surface area contributed by atoms with Crippen LogP contribution in [0, 0.1) is 10.5 Å². The second kappa shape index (κ2) is 6.37. The molecule has 0 aliphatic rings. The molecule has 0 saturated carbocycles. The monoisotopic (exact) mass is 493 g/mol. The van der Waals surface area contributed by atoms with Crippen LogP contribution in [-0.2, 0) is 0 Å². The largest absolute Gasteiger partial charge is 0.506 e. The van der Waals surface area contributed by atoms with Crippen LogP contribution in [0.4, 0.5) is 5.69 Å². The Hall–Kier alpha value is -0.400. The molecule has 19 heavy (non-hydrogen) atoms. The van der Waals surface area contributed by atoms with E-state index in [1.807, 2.05) is 25.1 Å². The summed E-state index contributed by atoms with van der Waals surface area (Å²) in [7, 11) is 0. The Bertz CT molecular complexity index is 656. The maximum atomic E-state index is 9.95. The standard InChI is InChI=1S/C14H10Br2INO/c1-8-4-11(17)2-3-13(8)18-7-9-5-10(15)6-12(16)14(9)19/h2-7,19H,1H3. The molecule has 0 unspecified atom stereocenters. The average Bonchev–Trinajstić information content (AvgIpc) is 2.33. The molecule has 0 bridgehead atoms. The van der Waals surface area contributed by atoms with Crippen molar-refractivity contribution >= 4 is 66.4 Å². The molecule has 0 fully saturated rings. The predicted molar refractivity (Wildman–Crippen MR) is 94.7 cm³/mol. The second-order valence-electron chi connectivity index (χ2n) is 4.01. The third-order valence-corrected chi connectivity index (χ3v) is 4.29. The molecule has 0 atom stereocenters. The van der Waals surface area contributed by atoms with Crippen molar-refractivity contribution in [1.82, 2.24) is 0 Å². The highest BCUT2D eigenvalue weighted by atomic mass is 127. The lowest BCUT2D eigenvalue weighted by Crippen LogP contribution is -1.85. The zero-order valence-electron chi connectivity index (χ0n) is 9.99. The number of benzene rings is 2. The smallest absolute Gasteiger partial charge is 0.138 e. The van der Waals surface area contributed by atoms with Gasteiger partial charge in [-0.1, -0.05) is 15.9 Å². The number of phenolic OH excluding ortho intramolecular Hbond substituents is 1. The maximum Gasteiger partial charge on any atom is 0.138 e. The molecule has 0 aliphatic heterocycles. The first-order valence-corrected chi connectivity index (χ1v) is 8.12. The van der Waals surface area contributed by atoms with E-state index in [1.54, 1.807) is 12.3 Å². The van der Waals surface area contributed by atoms with E-state index in [0.717, 1.165) is 15.7 Å². The van der Waals surface area contributed by atoms with Crippen molar-refractivity contribution in [3.05, 3.63) is 54.0 Å². The first kappa shape index (κ1) is 15.0. The lowest BCUT2D eigenvalue weighted by molar-refractivity contribution is 0.471. The van der Waals surface area contributed by atoms with E-state index in [9.17, 15) is 5.11 Å². The van der Waals surface area contributed by atoms with Gasteiger partial charge < -0.3 is 5.11 Å². The van der Waals surface area contributed by atoms with E-state index in [0.29, 0.717) is 10.0 Å². The van der Waals surface area contributed by atoms with Crippen molar-refractivity contribution in [3.8, 4) is 5.75 Å². The molecule has 0 saturated heterocycles. The topological polar surface area (TPSA) is 32.6 Å². The van der Waals surface area contributed by atoms with Crippen molar-refractivity contribution in [2.24, 2.45) is 4.99 Å². The fourth-order valence-corrected chi connectivity index (χ4v) is 3.49. The van der Waals surface area contributed by atoms with Gasteiger partial charge in [0.25, 0.3) is 0 Å². The number of hydrogen-bond donors (Lipinski definition) is 1. The summed E-state index contributed by atoms with van der Waals surface area (Å²) < 4.78 is 2.71. The summed E-state index contributed by atoms with van der Waals surface area (Å²) in [4.78, 5) is 4.43. The molecular formula is C14H10Br2INO. The number of aryl methyl sites for hydroxylation is 1. The summed E-state index contributed by atoms with van der Waals surface area (Å²) >= 11 is 8.97. The van der Waals surface area contributed by atoms with Gasteiger partial charge >= 0.3 is 0 Å². The van der Waals surface area contributed by atoms with Gasteiger partial charge in [0.15, 0.2) is 0 Å². The van der Waals surface area contributed by atoms with E-state index in [1.165, 1.54) is 3.57 Å². The Labute approximate surface area is 142 Å². The van der Waals surface area contributed by atoms with Crippen LogP contribution in [0.25, 0.3) is 0 Å². The van der Waals surface area contributed by atoms with Gasteiger partial charge in [0.1, 0.15) is 5.75 Å². The molecule has 2 aromatic carbocycles. The minimum Gasteiger partial charge on any atom is -0.506 e. The van der Waals surface area contributed by atoms with E-state index in [4.69, 9.17) is 0 Å². The Morgan fingerprint density at radius 1 is 1.21 bits per heavy atom. The average molecular weight is 495 g/mol. The highest BCUT2D eigenvalue weighted by molar-refractivity contribution is 14.1. The molecule has 0 heterocycles. The van der Waals surface area contributed by atoms with Crippen LogP contribution in [-0.4, -0.2) is 11.3 Å². The van der Waals surface area contributed by atoms with Crippen LogP contribution >= 0.6 is 54.5 Å². The summed E-state index contributed by atoms with van der Waals surface area (Å²) in [5.74, 6) is 0.190. The lowest BCUT2D eigenvalue weighted by atomic mass is 10.2. The number of aliphatic imine (C=N–C) groups is 1. The number of rotatable bonds is 2.